The molecule has 0 spiro atoms. The fourth-order valence-corrected chi connectivity index (χ4v) is 3.67. The Balaban J connectivity index is 1.86. The summed E-state index contributed by atoms with van der Waals surface area (Å²) in [5, 5.41) is 0. The SMILES string of the molecule is c1ccc(C2CCC3CCC2CC3)cc1. The van der Waals surface area contributed by atoms with Gasteiger partial charge in [0.1, 0.15) is 0 Å². The van der Waals surface area contributed by atoms with Crippen molar-refractivity contribution >= 4 is 0 Å². The van der Waals surface area contributed by atoms with Crippen LogP contribution in [0.15, 0.2) is 30.3 Å². The maximum absolute atomic E-state index is 2.34. The Morgan fingerprint density at radius 2 is 1.40 bits per heavy atom. The summed E-state index contributed by atoms with van der Waals surface area (Å²) in [6, 6.07) is 11.2. The van der Waals surface area contributed by atoms with E-state index in [1.807, 2.05) is 0 Å². The van der Waals surface area contributed by atoms with Gasteiger partial charge in [0.15, 0.2) is 0 Å². The van der Waals surface area contributed by atoms with Gasteiger partial charge in [-0.25, -0.2) is 0 Å². The fraction of sp³-hybridized carbons (Fsp3) is 0.600. The second-order valence-corrected chi connectivity index (χ2v) is 5.38. The third-order valence-electron chi connectivity index (χ3n) is 4.57. The summed E-state index contributed by atoms with van der Waals surface area (Å²) < 4.78 is 0. The molecule has 1 atom stereocenters. The molecule has 1 unspecified atom stereocenters. The van der Waals surface area contributed by atoms with E-state index >= 15 is 0 Å². The maximum atomic E-state index is 2.34. The molecule has 3 fully saturated rings. The molecular weight excluding hydrogens is 180 g/mol. The van der Waals surface area contributed by atoms with E-state index in [0.29, 0.717) is 0 Å². The molecule has 3 aliphatic rings. The second kappa shape index (κ2) is 4.00. The monoisotopic (exact) mass is 200 g/mol. The zero-order chi connectivity index (χ0) is 10.1. The first-order chi connectivity index (χ1) is 7.43. The zero-order valence-electron chi connectivity index (χ0n) is 9.36. The molecule has 0 amide bonds. The molecule has 0 aliphatic heterocycles. The standard InChI is InChI=1S/C15H20/c1-2-4-13(5-3-1)15-11-8-12-6-9-14(15)10-7-12/h1-5,12,14-15H,6-11H2. The molecule has 2 bridgehead atoms. The van der Waals surface area contributed by atoms with Gasteiger partial charge in [0.05, 0.1) is 0 Å². The van der Waals surface area contributed by atoms with Crippen molar-refractivity contribution in [1.82, 2.24) is 0 Å². The van der Waals surface area contributed by atoms with Crippen molar-refractivity contribution in [3.05, 3.63) is 35.9 Å². The van der Waals surface area contributed by atoms with Crippen LogP contribution in [0.2, 0.25) is 0 Å². The molecule has 0 heterocycles. The Morgan fingerprint density at radius 3 is 2.13 bits per heavy atom. The van der Waals surface area contributed by atoms with E-state index in [0.717, 1.165) is 17.8 Å². The molecule has 0 radical (unpaired) electrons. The molecule has 80 valence electrons. The Kier molecular flexibility index (Phi) is 2.52. The quantitative estimate of drug-likeness (QED) is 0.631. The molecule has 1 aromatic rings. The molecule has 1 aromatic carbocycles. The summed E-state index contributed by atoms with van der Waals surface area (Å²) in [4.78, 5) is 0. The number of benzene rings is 1. The normalized spacial score (nSPS) is 35.1. The van der Waals surface area contributed by atoms with Gasteiger partial charge in [-0.1, -0.05) is 43.2 Å². The Morgan fingerprint density at radius 1 is 0.733 bits per heavy atom. The van der Waals surface area contributed by atoms with E-state index in [9.17, 15) is 0 Å². The van der Waals surface area contributed by atoms with Crippen molar-refractivity contribution < 1.29 is 0 Å². The third-order valence-corrected chi connectivity index (χ3v) is 4.57. The van der Waals surface area contributed by atoms with E-state index in [4.69, 9.17) is 0 Å². The average Bonchev–Trinajstić information content (AvgIpc) is 2.63. The molecule has 0 saturated heterocycles. The summed E-state index contributed by atoms with van der Waals surface area (Å²) >= 11 is 0. The van der Waals surface area contributed by atoms with Crippen molar-refractivity contribution in [2.45, 2.75) is 44.4 Å². The highest BCUT2D eigenvalue weighted by Crippen LogP contribution is 2.46. The summed E-state index contributed by atoms with van der Waals surface area (Å²) in [6.45, 7) is 0. The van der Waals surface area contributed by atoms with E-state index in [-0.39, 0.29) is 0 Å². The van der Waals surface area contributed by atoms with Gasteiger partial charge in [-0.2, -0.15) is 0 Å². The molecule has 0 aromatic heterocycles. The first-order valence-electron chi connectivity index (χ1n) is 6.48. The van der Waals surface area contributed by atoms with Crippen molar-refractivity contribution in [2.24, 2.45) is 11.8 Å². The minimum Gasteiger partial charge on any atom is -0.0622 e. The van der Waals surface area contributed by atoms with Gasteiger partial charge in [0.2, 0.25) is 0 Å². The van der Waals surface area contributed by atoms with Gasteiger partial charge in [-0.05, 0) is 49.0 Å². The Bertz CT molecular complexity index is 306. The van der Waals surface area contributed by atoms with E-state index in [1.165, 1.54) is 38.5 Å². The van der Waals surface area contributed by atoms with Crippen LogP contribution >= 0.6 is 0 Å². The summed E-state index contributed by atoms with van der Waals surface area (Å²) in [6.07, 6.45) is 8.92. The largest absolute Gasteiger partial charge is 0.0622 e. The minimum absolute atomic E-state index is 0.874. The van der Waals surface area contributed by atoms with Crippen molar-refractivity contribution in [1.29, 1.82) is 0 Å². The lowest BCUT2D eigenvalue weighted by Gasteiger charge is -2.27. The molecule has 15 heavy (non-hydrogen) atoms. The average molecular weight is 200 g/mol. The third kappa shape index (κ3) is 1.82. The van der Waals surface area contributed by atoms with Crippen LogP contribution in [0.3, 0.4) is 0 Å². The Labute approximate surface area is 92.7 Å². The first-order valence-corrected chi connectivity index (χ1v) is 6.48. The number of hydrogen-bond donors (Lipinski definition) is 0. The van der Waals surface area contributed by atoms with Crippen molar-refractivity contribution in [3.63, 3.8) is 0 Å². The fourth-order valence-electron chi connectivity index (χ4n) is 3.67. The van der Waals surface area contributed by atoms with Crippen molar-refractivity contribution in [2.75, 3.05) is 0 Å². The molecular formula is C15H20. The van der Waals surface area contributed by atoms with Crippen LogP contribution in [0.4, 0.5) is 0 Å². The van der Waals surface area contributed by atoms with Gasteiger partial charge in [-0.3, -0.25) is 0 Å². The minimum atomic E-state index is 0.874. The molecule has 4 rings (SSSR count). The van der Waals surface area contributed by atoms with Gasteiger partial charge < -0.3 is 0 Å². The highest BCUT2D eigenvalue weighted by molar-refractivity contribution is 5.21. The van der Waals surface area contributed by atoms with Crippen molar-refractivity contribution in [3.8, 4) is 0 Å². The zero-order valence-corrected chi connectivity index (χ0v) is 9.36. The van der Waals surface area contributed by atoms with Gasteiger partial charge in [0.25, 0.3) is 0 Å². The molecule has 0 N–H and O–H groups in total. The summed E-state index contributed by atoms with van der Waals surface area (Å²) in [5.74, 6) is 2.93. The first kappa shape index (κ1) is 9.45. The van der Waals surface area contributed by atoms with Crippen LogP contribution in [-0.4, -0.2) is 0 Å². The predicted octanol–water partition coefficient (Wildman–Crippen LogP) is 4.37. The molecule has 0 nitrogen and oxygen atoms in total. The highest BCUT2D eigenvalue weighted by Gasteiger charge is 2.32. The molecule has 0 heteroatoms. The van der Waals surface area contributed by atoms with E-state index < -0.39 is 0 Å². The number of fused-ring (bicyclic) bond motifs is 4. The van der Waals surface area contributed by atoms with Crippen LogP contribution in [0, 0.1) is 11.8 Å². The highest BCUT2D eigenvalue weighted by atomic mass is 14.4. The number of rotatable bonds is 1. The lowest BCUT2D eigenvalue weighted by molar-refractivity contribution is 0.292. The lowest BCUT2D eigenvalue weighted by atomic mass is 9.78. The smallest absolute Gasteiger partial charge is 0.0134 e. The van der Waals surface area contributed by atoms with Gasteiger partial charge >= 0.3 is 0 Å². The van der Waals surface area contributed by atoms with Gasteiger partial charge in [-0.15, -0.1) is 0 Å². The maximum Gasteiger partial charge on any atom is -0.0134 e. The number of hydrogen-bond acceptors (Lipinski definition) is 0. The van der Waals surface area contributed by atoms with Crippen LogP contribution < -0.4 is 0 Å². The van der Waals surface area contributed by atoms with Gasteiger partial charge in [0, 0.05) is 0 Å². The molecule has 3 aliphatic carbocycles. The summed E-state index contributed by atoms with van der Waals surface area (Å²) in [5.41, 5.74) is 1.60. The topological polar surface area (TPSA) is 0 Å². The lowest BCUT2D eigenvalue weighted by Crippen LogP contribution is -2.14. The Hall–Kier alpha value is -0.780. The van der Waals surface area contributed by atoms with Crippen LogP contribution in [0.5, 0.6) is 0 Å². The summed E-state index contributed by atoms with van der Waals surface area (Å²) in [7, 11) is 0. The van der Waals surface area contributed by atoms with Crippen LogP contribution in [0.1, 0.15) is 50.0 Å². The van der Waals surface area contributed by atoms with E-state index in [2.05, 4.69) is 30.3 Å². The van der Waals surface area contributed by atoms with Crippen LogP contribution in [0.25, 0.3) is 0 Å². The second-order valence-electron chi connectivity index (χ2n) is 5.38. The van der Waals surface area contributed by atoms with Crippen LogP contribution in [-0.2, 0) is 0 Å². The predicted molar refractivity (Wildman–Crippen MR) is 63.9 cm³/mol. The van der Waals surface area contributed by atoms with E-state index in [1.54, 1.807) is 5.56 Å². The molecule has 3 saturated carbocycles.